The number of nitrogens with zero attached hydrogens (tertiary/aromatic N) is 1. The predicted octanol–water partition coefficient (Wildman–Crippen LogP) is 5.89. The minimum atomic E-state index is -0.230. The fourth-order valence-electron chi connectivity index (χ4n) is 2.11. The van der Waals surface area contributed by atoms with Crippen molar-refractivity contribution in [1.29, 1.82) is 0 Å². The zero-order valence-corrected chi connectivity index (χ0v) is 13.2. The maximum atomic E-state index is 13.0. The third-order valence-corrected chi connectivity index (χ3v) is 4.98. The predicted molar refractivity (Wildman–Crippen MR) is 87.4 cm³/mol. The molecule has 2 aromatic carbocycles. The molecule has 0 amide bonds. The minimum absolute atomic E-state index is 0.230. The highest BCUT2D eigenvalue weighted by Gasteiger charge is 2.12. The Hall–Kier alpha value is -1.71. The van der Waals surface area contributed by atoms with Crippen LogP contribution in [-0.2, 0) is 0 Å². The van der Waals surface area contributed by atoms with Crippen molar-refractivity contribution in [3.8, 4) is 21.0 Å². The molecule has 0 saturated heterocycles. The van der Waals surface area contributed by atoms with Gasteiger partial charge >= 0.3 is 0 Å². The lowest BCUT2D eigenvalue weighted by Gasteiger charge is -2.00. The van der Waals surface area contributed by atoms with Gasteiger partial charge in [0.15, 0.2) is 0 Å². The summed E-state index contributed by atoms with van der Waals surface area (Å²) in [6.45, 7) is 3.94. The molecule has 0 atom stereocenters. The number of hydrogen-bond donors (Lipinski definition) is 0. The first kappa shape index (κ1) is 14.2. The lowest BCUT2D eigenvalue weighted by molar-refractivity contribution is 0.628. The number of hydrogen-bond acceptors (Lipinski definition) is 2. The van der Waals surface area contributed by atoms with Crippen molar-refractivity contribution in [2.45, 2.75) is 13.8 Å². The summed E-state index contributed by atoms with van der Waals surface area (Å²) in [6.07, 6.45) is 0. The number of aryl methyl sites for hydroxylation is 2. The Labute approximate surface area is 132 Å². The maximum Gasteiger partial charge on any atom is 0.124 e. The summed E-state index contributed by atoms with van der Waals surface area (Å²) in [4.78, 5) is 5.67. The van der Waals surface area contributed by atoms with Crippen molar-refractivity contribution in [2.24, 2.45) is 0 Å². The average molecular weight is 318 g/mol. The zero-order valence-electron chi connectivity index (χ0n) is 11.7. The molecule has 0 aliphatic rings. The Bertz CT molecular complexity index is 793. The normalized spacial score (nSPS) is 10.9. The molecule has 106 valence electrons. The molecule has 1 nitrogen and oxygen atoms in total. The molecule has 21 heavy (non-hydrogen) atoms. The highest BCUT2D eigenvalue weighted by atomic mass is 35.5. The molecule has 0 fully saturated rings. The molecule has 4 heteroatoms. The highest BCUT2D eigenvalue weighted by molar-refractivity contribution is 7.18. The number of rotatable bonds is 2. The van der Waals surface area contributed by atoms with Gasteiger partial charge < -0.3 is 0 Å². The molecule has 0 spiro atoms. The molecule has 3 aromatic rings. The lowest BCUT2D eigenvalue weighted by atomic mass is 10.1. The molecular formula is C17H13ClFNS. The number of thiazole rings is 1. The van der Waals surface area contributed by atoms with E-state index in [0.29, 0.717) is 0 Å². The van der Waals surface area contributed by atoms with E-state index in [2.05, 4.69) is 4.98 Å². The monoisotopic (exact) mass is 317 g/mol. The van der Waals surface area contributed by atoms with Crippen LogP contribution in [0.15, 0.2) is 42.5 Å². The summed E-state index contributed by atoms with van der Waals surface area (Å²) >= 11 is 7.77. The second-order valence-electron chi connectivity index (χ2n) is 4.90. The summed E-state index contributed by atoms with van der Waals surface area (Å²) < 4.78 is 13.0. The average Bonchev–Trinajstić information content (AvgIpc) is 2.85. The summed E-state index contributed by atoms with van der Waals surface area (Å²) in [5.41, 5.74) is 3.98. The topological polar surface area (TPSA) is 12.9 Å². The smallest absolute Gasteiger partial charge is 0.124 e. The molecule has 0 radical (unpaired) electrons. The van der Waals surface area contributed by atoms with Gasteiger partial charge in [-0.05, 0) is 43.2 Å². The Balaban J connectivity index is 2.04. The van der Waals surface area contributed by atoms with Gasteiger partial charge in [-0.25, -0.2) is 9.37 Å². The van der Waals surface area contributed by atoms with Gasteiger partial charge in [0.25, 0.3) is 0 Å². The van der Waals surface area contributed by atoms with Crippen molar-refractivity contribution < 1.29 is 4.39 Å². The van der Waals surface area contributed by atoms with E-state index < -0.39 is 0 Å². The van der Waals surface area contributed by atoms with E-state index in [-0.39, 0.29) is 5.82 Å². The van der Waals surface area contributed by atoms with Gasteiger partial charge in [-0.15, -0.1) is 11.3 Å². The van der Waals surface area contributed by atoms with Gasteiger partial charge in [0, 0.05) is 10.6 Å². The van der Waals surface area contributed by atoms with Crippen LogP contribution in [0, 0.1) is 19.7 Å². The first-order valence-corrected chi connectivity index (χ1v) is 7.74. The number of benzene rings is 2. The van der Waals surface area contributed by atoms with E-state index in [1.807, 2.05) is 32.0 Å². The number of aromatic nitrogens is 1. The van der Waals surface area contributed by atoms with Crippen molar-refractivity contribution >= 4 is 22.9 Å². The molecule has 3 rings (SSSR count). The van der Waals surface area contributed by atoms with E-state index >= 15 is 0 Å². The maximum absolute atomic E-state index is 13.0. The van der Waals surface area contributed by atoms with E-state index in [0.717, 1.165) is 37.3 Å². The quantitative estimate of drug-likeness (QED) is 0.574. The third kappa shape index (κ3) is 2.85. The van der Waals surface area contributed by atoms with Crippen LogP contribution in [0.2, 0.25) is 5.02 Å². The fraction of sp³-hybridized carbons (Fsp3) is 0.118. The van der Waals surface area contributed by atoms with Crippen LogP contribution in [0.1, 0.15) is 11.3 Å². The van der Waals surface area contributed by atoms with Gasteiger partial charge in [0.1, 0.15) is 10.8 Å². The Kier molecular flexibility index (Phi) is 3.79. The Morgan fingerprint density at radius 3 is 2.33 bits per heavy atom. The minimum Gasteiger partial charge on any atom is -0.241 e. The summed E-state index contributed by atoms with van der Waals surface area (Å²) in [5, 5.41) is 1.66. The molecule has 0 bridgehead atoms. The molecule has 1 heterocycles. The standard InChI is InChI=1S/C17H13ClFNS/c1-10-3-4-13(9-15(10)18)17-20-11(2)16(21-17)12-5-7-14(19)8-6-12/h3-9H,1-2H3. The van der Waals surface area contributed by atoms with Gasteiger partial charge in [-0.1, -0.05) is 35.9 Å². The summed E-state index contributed by atoms with van der Waals surface area (Å²) in [5.74, 6) is -0.230. The molecule has 0 saturated carbocycles. The lowest BCUT2D eigenvalue weighted by Crippen LogP contribution is -1.80. The van der Waals surface area contributed by atoms with E-state index in [1.54, 1.807) is 23.5 Å². The van der Waals surface area contributed by atoms with E-state index in [9.17, 15) is 4.39 Å². The second-order valence-corrected chi connectivity index (χ2v) is 6.31. The molecular weight excluding hydrogens is 305 g/mol. The molecule has 0 unspecified atom stereocenters. The van der Waals surface area contributed by atoms with Crippen molar-refractivity contribution in [2.75, 3.05) is 0 Å². The zero-order chi connectivity index (χ0) is 15.0. The van der Waals surface area contributed by atoms with Gasteiger partial charge in [0.2, 0.25) is 0 Å². The van der Waals surface area contributed by atoms with Gasteiger partial charge in [-0.3, -0.25) is 0 Å². The summed E-state index contributed by atoms with van der Waals surface area (Å²) in [7, 11) is 0. The van der Waals surface area contributed by atoms with Crippen molar-refractivity contribution in [3.05, 3.63) is 64.6 Å². The van der Waals surface area contributed by atoms with Crippen molar-refractivity contribution in [3.63, 3.8) is 0 Å². The highest BCUT2D eigenvalue weighted by Crippen LogP contribution is 2.36. The van der Waals surface area contributed by atoms with Crippen molar-refractivity contribution in [1.82, 2.24) is 4.98 Å². The van der Waals surface area contributed by atoms with Gasteiger partial charge in [0.05, 0.1) is 10.6 Å². The Morgan fingerprint density at radius 1 is 1.00 bits per heavy atom. The van der Waals surface area contributed by atoms with Crippen LogP contribution < -0.4 is 0 Å². The van der Waals surface area contributed by atoms with Crippen LogP contribution in [0.4, 0.5) is 4.39 Å². The fourth-order valence-corrected chi connectivity index (χ4v) is 3.36. The summed E-state index contributed by atoms with van der Waals surface area (Å²) in [6, 6.07) is 12.4. The SMILES string of the molecule is Cc1ccc(-c2nc(C)c(-c3ccc(F)cc3)s2)cc1Cl. The van der Waals surface area contributed by atoms with E-state index in [1.165, 1.54) is 12.1 Å². The van der Waals surface area contributed by atoms with E-state index in [4.69, 9.17) is 11.6 Å². The van der Waals surface area contributed by atoms with Gasteiger partial charge in [-0.2, -0.15) is 0 Å². The van der Waals surface area contributed by atoms with Crippen LogP contribution in [0.5, 0.6) is 0 Å². The number of halogens is 2. The Morgan fingerprint density at radius 2 is 1.67 bits per heavy atom. The molecule has 0 aliphatic heterocycles. The molecule has 1 aromatic heterocycles. The van der Waals surface area contributed by atoms with Crippen LogP contribution in [-0.4, -0.2) is 4.98 Å². The van der Waals surface area contributed by atoms with Crippen LogP contribution in [0.3, 0.4) is 0 Å². The first-order valence-electron chi connectivity index (χ1n) is 6.54. The second kappa shape index (κ2) is 5.58. The molecule has 0 N–H and O–H groups in total. The third-order valence-electron chi connectivity index (χ3n) is 3.32. The van der Waals surface area contributed by atoms with Crippen LogP contribution >= 0.6 is 22.9 Å². The van der Waals surface area contributed by atoms with Crippen LogP contribution in [0.25, 0.3) is 21.0 Å². The molecule has 0 aliphatic carbocycles. The first-order chi connectivity index (χ1) is 10.0. The largest absolute Gasteiger partial charge is 0.241 e.